The van der Waals surface area contributed by atoms with Crippen LogP contribution in [0.15, 0.2) is 0 Å². The first-order chi connectivity index (χ1) is 6.08. The van der Waals surface area contributed by atoms with E-state index < -0.39 is 0 Å². The molecular formula is C11H20O2. The maximum atomic E-state index is 9.27. The van der Waals surface area contributed by atoms with E-state index in [2.05, 4.69) is 20.8 Å². The molecule has 2 nitrogen and oxygen atoms in total. The lowest BCUT2D eigenvalue weighted by molar-refractivity contribution is 0.0984. The molecule has 1 heterocycles. The van der Waals surface area contributed by atoms with Gasteiger partial charge in [0, 0.05) is 12.0 Å². The van der Waals surface area contributed by atoms with Gasteiger partial charge in [0.2, 0.25) is 0 Å². The first-order valence-electron chi connectivity index (χ1n) is 5.31. The fourth-order valence-corrected chi connectivity index (χ4v) is 3.21. The number of aliphatic hydroxyl groups is 1. The van der Waals surface area contributed by atoms with Crippen molar-refractivity contribution in [1.29, 1.82) is 0 Å². The Hall–Kier alpha value is -0.0800. The molecule has 2 aliphatic rings. The number of hydrogen-bond donors (Lipinski definition) is 1. The summed E-state index contributed by atoms with van der Waals surface area (Å²) in [7, 11) is 0. The van der Waals surface area contributed by atoms with Crippen molar-refractivity contribution in [2.45, 2.75) is 39.7 Å². The van der Waals surface area contributed by atoms with Crippen LogP contribution in [0.25, 0.3) is 0 Å². The highest BCUT2D eigenvalue weighted by Crippen LogP contribution is 2.73. The predicted molar refractivity (Wildman–Crippen MR) is 51.4 cm³/mol. The van der Waals surface area contributed by atoms with Crippen LogP contribution in [0.2, 0.25) is 0 Å². The summed E-state index contributed by atoms with van der Waals surface area (Å²) in [5.41, 5.74) is 0.605. The molecule has 1 spiro atoms. The lowest BCUT2D eigenvalue weighted by atomic mass is 9.92. The Morgan fingerprint density at radius 3 is 2.54 bits per heavy atom. The van der Waals surface area contributed by atoms with Gasteiger partial charge in [0.05, 0.1) is 12.7 Å². The van der Waals surface area contributed by atoms with Crippen molar-refractivity contribution in [1.82, 2.24) is 0 Å². The molecule has 1 aliphatic heterocycles. The Bertz CT molecular complexity index is 212. The van der Waals surface area contributed by atoms with E-state index in [1.54, 1.807) is 0 Å². The Morgan fingerprint density at radius 2 is 2.15 bits per heavy atom. The minimum atomic E-state index is 0.297. The summed E-state index contributed by atoms with van der Waals surface area (Å²) >= 11 is 0. The Kier molecular flexibility index (Phi) is 1.97. The average molecular weight is 184 g/mol. The fourth-order valence-electron chi connectivity index (χ4n) is 3.21. The zero-order valence-corrected chi connectivity index (χ0v) is 8.84. The lowest BCUT2D eigenvalue weighted by Gasteiger charge is -2.09. The third-order valence-electron chi connectivity index (χ3n) is 4.54. The molecule has 0 aromatic rings. The lowest BCUT2D eigenvalue weighted by Crippen LogP contribution is -2.09. The van der Waals surface area contributed by atoms with Gasteiger partial charge in [-0.25, -0.2) is 0 Å². The molecule has 0 aromatic heterocycles. The molecule has 1 saturated carbocycles. The van der Waals surface area contributed by atoms with Crippen molar-refractivity contribution in [2.75, 3.05) is 13.2 Å². The molecule has 2 rings (SSSR count). The van der Waals surface area contributed by atoms with Crippen LogP contribution >= 0.6 is 0 Å². The van der Waals surface area contributed by atoms with Gasteiger partial charge in [0.25, 0.3) is 0 Å². The Labute approximate surface area is 80.3 Å². The minimum absolute atomic E-state index is 0.297. The molecule has 0 amide bonds. The second kappa shape index (κ2) is 2.71. The van der Waals surface area contributed by atoms with E-state index in [0.717, 1.165) is 19.4 Å². The quantitative estimate of drug-likeness (QED) is 0.709. The first-order valence-corrected chi connectivity index (χ1v) is 5.31. The molecule has 2 heteroatoms. The summed E-state index contributed by atoms with van der Waals surface area (Å²) < 4.78 is 5.74. The molecule has 1 saturated heterocycles. The summed E-state index contributed by atoms with van der Waals surface area (Å²) in [6.45, 7) is 7.88. The first kappa shape index (κ1) is 9.47. The van der Waals surface area contributed by atoms with Crippen molar-refractivity contribution in [2.24, 2.45) is 16.7 Å². The second-order valence-corrected chi connectivity index (χ2v) is 5.16. The van der Waals surface area contributed by atoms with Gasteiger partial charge >= 0.3 is 0 Å². The predicted octanol–water partition coefficient (Wildman–Crippen LogP) is 1.82. The Morgan fingerprint density at radius 1 is 1.46 bits per heavy atom. The molecule has 1 aliphatic carbocycles. The largest absolute Gasteiger partial charge is 0.396 e. The van der Waals surface area contributed by atoms with Crippen LogP contribution in [0.1, 0.15) is 33.6 Å². The van der Waals surface area contributed by atoms with Gasteiger partial charge in [-0.05, 0) is 24.2 Å². The smallest absolute Gasteiger partial charge is 0.0579 e. The molecule has 1 N–H and O–H groups in total. The molecular weight excluding hydrogens is 164 g/mol. The summed E-state index contributed by atoms with van der Waals surface area (Å²) in [6.07, 6.45) is 2.70. The monoisotopic (exact) mass is 184 g/mol. The van der Waals surface area contributed by atoms with Gasteiger partial charge in [-0.1, -0.05) is 20.8 Å². The molecule has 0 radical (unpaired) electrons. The van der Waals surface area contributed by atoms with E-state index in [9.17, 15) is 5.11 Å². The van der Waals surface area contributed by atoms with E-state index in [4.69, 9.17) is 4.74 Å². The van der Waals surface area contributed by atoms with Crippen LogP contribution in [0.4, 0.5) is 0 Å². The van der Waals surface area contributed by atoms with Crippen LogP contribution in [-0.2, 0) is 4.74 Å². The van der Waals surface area contributed by atoms with Gasteiger partial charge in [0.1, 0.15) is 0 Å². The number of aliphatic hydroxyl groups excluding tert-OH is 1. The topological polar surface area (TPSA) is 29.5 Å². The zero-order valence-electron chi connectivity index (χ0n) is 8.84. The highest BCUT2D eigenvalue weighted by atomic mass is 16.5. The van der Waals surface area contributed by atoms with E-state index in [-0.39, 0.29) is 0 Å². The van der Waals surface area contributed by atoms with Crippen molar-refractivity contribution < 1.29 is 9.84 Å². The highest BCUT2D eigenvalue weighted by molar-refractivity contribution is 5.19. The van der Waals surface area contributed by atoms with Crippen LogP contribution in [0, 0.1) is 16.7 Å². The molecule has 0 bridgehead atoms. The molecule has 76 valence electrons. The van der Waals surface area contributed by atoms with Crippen LogP contribution in [-0.4, -0.2) is 24.4 Å². The zero-order chi connectivity index (χ0) is 9.69. The number of hydrogen-bond acceptors (Lipinski definition) is 2. The van der Waals surface area contributed by atoms with Crippen molar-refractivity contribution in [3.8, 4) is 0 Å². The van der Waals surface area contributed by atoms with E-state index >= 15 is 0 Å². The third kappa shape index (κ3) is 1.02. The summed E-state index contributed by atoms with van der Waals surface area (Å²) in [5.74, 6) is 0.469. The van der Waals surface area contributed by atoms with Gasteiger partial charge in [-0.3, -0.25) is 0 Å². The number of rotatable bonds is 2. The van der Waals surface area contributed by atoms with Gasteiger partial charge in [-0.15, -0.1) is 0 Å². The molecule has 3 unspecified atom stereocenters. The summed E-state index contributed by atoms with van der Waals surface area (Å²) in [6, 6.07) is 0. The second-order valence-electron chi connectivity index (χ2n) is 5.16. The van der Waals surface area contributed by atoms with Crippen LogP contribution in [0.3, 0.4) is 0 Å². The van der Waals surface area contributed by atoms with Crippen molar-refractivity contribution in [3.63, 3.8) is 0 Å². The Balaban J connectivity index is 2.09. The van der Waals surface area contributed by atoms with Gasteiger partial charge < -0.3 is 9.84 Å². The molecule has 2 fully saturated rings. The summed E-state index contributed by atoms with van der Waals surface area (Å²) in [5, 5.41) is 9.27. The summed E-state index contributed by atoms with van der Waals surface area (Å²) in [4.78, 5) is 0. The molecule has 0 aromatic carbocycles. The minimum Gasteiger partial charge on any atom is -0.396 e. The van der Waals surface area contributed by atoms with Gasteiger partial charge in [0.15, 0.2) is 0 Å². The van der Waals surface area contributed by atoms with E-state index in [1.165, 1.54) is 0 Å². The van der Waals surface area contributed by atoms with Crippen molar-refractivity contribution in [3.05, 3.63) is 0 Å². The van der Waals surface area contributed by atoms with Gasteiger partial charge in [-0.2, -0.15) is 0 Å². The normalized spacial score (nSPS) is 47.1. The molecule has 3 atom stereocenters. The van der Waals surface area contributed by atoms with E-state index in [1.807, 2.05) is 0 Å². The van der Waals surface area contributed by atoms with Crippen LogP contribution in [0.5, 0.6) is 0 Å². The third-order valence-corrected chi connectivity index (χ3v) is 4.54. The fraction of sp³-hybridized carbons (Fsp3) is 1.00. The van der Waals surface area contributed by atoms with Crippen LogP contribution < -0.4 is 0 Å². The standard InChI is InChI=1S/C11H20O2/c1-4-8-5-11(7-13-8)9(6-12)10(11,2)3/h8-9,12H,4-7H2,1-3H3. The maximum Gasteiger partial charge on any atom is 0.0579 e. The average Bonchev–Trinajstić information content (AvgIpc) is 2.49. The van der Waals surface area contributed by atoms with Crippen molar-refractivity contribution >= 4 is 0 Å². The molecule has 13 heavy (non-hydrogen) atoms. The number of ether oxygens (including phenoxy) is 1. The van der Waals surface area contributed by atoms with E-state index in [0.29, 0.717) is 29.5 Å². The SMILES string of the molecule is CCC1CC2(CO1)C(CO)C2(C)C. The highest BCUT2D eigenvalue weighted by Gasteiger charge is 2.72. The maximum absolute atomic E-state index is 9.27.